The van der Waals surface area contributed by atoms with Gasteiger partial charge in [0.15, 0.2) is 8.96 Å². The molecule has 1 N–H and O–H groups in total. The topological polar surface area (TPSA) is 15.3 Å². The van der Waals surface area contributed by atoms with Gasteiger partial charge in [0, 0.05) is 6.17 Å². The van der Waals surface area contributed by atoms with E-state index >= 15 is 0 Å². The summed E-state index contributed by atoms with van der Waals surface area (Å²) in [6, 6.07) is 10.8. The van der Waals surface area contributed by atoms with Gasteiger partial charge in [-0.25, -0.2) is 0 Å². The first-order valence-electron chi connectivity index (χ1n) is 5.17. The van der Waals surface area contributed by atoms with Crippen LogP contribution in [-0.2, 0) is 0 Å². The minimum absolute atomic E-state index is 0.974. The van der Waals surface area contributed by atoms with Crippen LogP contribution >= 0.6 is 0 Å². The maximum atomic E-state index is 3.63. The molecule has 1 aromatic rings. The van der Waals surface area contributed by atoms with E-state index in [0.29, 0.717) is 0 Å². The third kappa shape index (κ3) is 3.62. The van der Waals surface area contributed by atoms with Crippen molar-refractivity contribution in [1.82, 2.24) is 9.88 Å². The van der Waals surface area contributed by atoms with Gasteiger partial charge in [-0.05, 0) is 25.8 Å². The minimum atomic E-state index is -0.974. The molecular weight excluding hydrogens is 188 g/mol. The Morgan fingerprint density at radius 2 is 1.86 bits per heavy atom. The Bertz CT molecular complexity index is 249. The molecule has 0 heterocycles. The molecule has 0 aliphatic carbocycles. The highest BCUT2D eigenvalue weighted by molar-refractivity contribution is 6.71. The van der Waals surface area contributed by atoms with Gasteiger partial charge in [-0.1, -0.05) is 37.3 Å². The summed E-state index contributed by atoms with van der Waals surface area (Å²) in [6.07, 6.45) is 1.18. The molecule has 0 saturated heterocycles. The molecule has 0 spiro atoms. The average Bonchev–Trinajstić information content (AvgIpc) is 2.18. The highest BCUT2D eigenvalue weighted by atomic mass is 28.3. The van der Waals surface area contributed by atoms with Crippen molar-refractivity contribution in [2.24, 2.45) is 0 Å². The molecule has 0 saturated carbocycles. The van der Waals surface area contributed by atoms with Crippen LogP contribution in [0.2, 0.25) is 0 Å². The van der Waals surface area contributed by atoms with Gasteiger partial charge < -0.3 is 9.88 Å². The number of rotatable bonds is 5. The van der Waals surface area contributed by atoms with E-state index < -0.39 is 8.96 Å². The summed E-state index contributed by atoms with van der Waals surface area (Å²) in [5, 5.41) is 1.50. The Hall–Kier alpha value is -0.643. The fourth-order valence-electron chi connectivity index (χ4n) is 1.58. The largest absolute Gasteiger partial charge is 0.336 e. The van der Waals surface area contributed by atoms with Crippen molar-refractivity contribution in [2.75, 3.05) is 26.8 Å². The van der Waals surface area contributed by atoms with Crippen LogP contribution in [0.25, 0.3) is 0 Å². The van der Waals surface area contributed by atoms with Gasteiger partial charge in [0.05, 0.1) is 0 Å². The minimum Gasteiger partial charge on any atom is -0.336 e. The maximum Gasteiger partial charge on any atom is 0.155 e. The van der Waals surface area contributed by atoms with Crippen molar-refractivity contribution < 1.29 is 0 Å². The first kappa shape index (κ1) is 11.4. The van der Waals surface area contributed by atoms with Gasteiger partial charge in [0.2, 0.25) is 0 Å². The second-order valence-electron chi connectivity index (χ2n) is 3.78. The van der Waals surface area contributed by atoms with Crippen molar-refractivity contribution in [3.63, 3.8) is 0 Å². The third-order valence-corrected chi connectivity index (χ3v) is 5.39. The quantitative estimate of drug-likeness (QED) is 0.702. The zero-order chi connectivity index (χ0) is 10.4. The van der Waals surface area contributed by atoms with Crippen LogP contribution in [0, 0.1) is 0 Å². The Balaban J connectivity index is 2.67. The lowest BCUT2D eigenvalue weighted by Gasteiger charge is -2.20. The van der Waals surface area contributed by atoms with Gasteiger partial charge in [0.1, 0.15) is 0 Å². The first-order valence-corrected chi connectivity index (χ1v) is 7.14. The number of nitrogens with one attached hydrogen (secondary N) is 1. The zero-order valence-electron chi connectivity index (χ0n) is 9.33. The van der Waals surface area contributed by atoms with E-state index in [1.165, 1.54) is 11.4 Å². The Morgan fingerprint density at radius 1 is 1.21 bits per heavy atom. The first-order chi connectivity index (χ1) is 6.74. The monoisotopic (exact) mass is 208 g/mol. The predicted octanol–water partition coefficient (Wildman–Crippen LogP) is 0.328. The third-order valence-electron chi connectivity index (χ3n) is 2.20. The summed E-state index contributed by atoms with van der Waals surface area (Å²) >= 11 is 0. The number of hydrogen-bond donors (Lipinski definition) is 1. The van der Waals surface area contributed by atoms with E-state index in [-0.39, 0.29) is 0 Å². The molecule has 0 amide bonds. The molecular formula is C11H20N2Si. The van der Waals surface area contributed by atoms with Crippen molar-refractivity contribution in [3.05, 3.63) is 30.3 Å². The van der Waals surface area contributed by atoms with Crippen LogP contribution in [-0.4, -0.2) is 40.7 Å². The van der Waals surface area contributed by atoms with Crippen LogP contribution in [0.3, 0.4) is 0 Å². The molecule has 0 bridgehead atoms. The zero-order valence-corrected chi connectivity index (χ0v) is 10.5. The average molecular weight is 208 g/mol. The lowest BCUT2D eigenvalue weighted by molar-refractivity contribution is 0.472. The van der Waals surface area contributed by atoms with Gasteiger partial charge in [-0.3, -0.25) is 0 Å². The number of benzene rings is 1. The summed E-state index contributed by atoms with van der Waals surface area (Å²) < 4.78 is 0. The molecule has 1 unspecified atom stereocenters. The van der Waals surface area contributed by atoms with Crippen molar-refractivity contribution in [2.45, 2.75) is 6.92 Å². The number of hydrogen-bond acceptors (Lipinski definition) is 2. The van der Waals surface area contributed by atoms with E-state index in [4.69, 9.17) is 0 Å². The molecule has 0 aromatic heterocycles. The fourth-order valence-corrected chi connectivity index (χ4v) is 4.07. The lowest BCUT2D eigenvalue weighted by atomic mass is 10.4. The summed E-state index contributed by atoms with van der Waals surface area (Å²) in [5.41, 5.74) is 0. The van der Waals surface area contributed by atoms with Crippen LogP contribution in [0.15, 0.2) is 30.3 Å². The van der Waals surface area contributed by atoms with Crippen LogP contribution in [0.4, 0.5) is 0 Å². The van der Waals surface area contributed by atoms with Crippen LogP contribution in [0.1, 0.15) is 6.92 Å². The maximum absolute atomic E-state index is 3.63. The lowest BCUT2D eigenvalue weighted by Crippen LogP contribution is -2.51. The van der Waals surface area contributed by atoms with Crippen LogP contribution < -0.4 is 10.2 Å². The molecule has 78 valence electrons. The molecule has 1 aromatic carbocycles. The molecule has 3 heteroatoms. The summed E-state index contributed by atoms with van der Waals surface area (Å²) in [6.45, 7) is 3.25. The highest BCUT2D eigenvalue weighted by Crippen LogP contribution is 1.88. The fraction of sp³-hybridized carbons (Fsp3) is 0.455. The smallest absolute Gasteiger partial charge is 0.155 e. The van der Waals surface area contributed by atoms with Crippen molar-refractivity contribution in [1.29, 1.82) is 0 Å². The van der Waals surface area contributed by atoms with E-state index in [2.05, 4.69) is 61.2 Å². The molecule has 0 radical (unpaired) electrons. The molecule has 1 atom stereocenters. The molecule has 0 aliphatic rings. The highest BCUT2D eigenvalue weighted by Gasteiger charge is 2.12. The van der Waals surface area contributed by atoms with Gasteiger partial charge in [-0.2, -0.15) is 0 Å². The number of nitrogens with zero attached hydrogens (tertiary/aromatic N) is 1. The van der Waals surface area contributed by atoms with E-state index in [1.54, 1.807) is 0 Å². The SMILES string of the molecule is CCN[SiH](CN(C)C)c1ccccc1. The second-order valence-corrected chi connectivity index (χ2v) is 6.33. The van der Waals surface area contributed by atoms with Gasteiger partial charge in [0.25, 0.3) is 0 Å². The summed E-state index contributed by atoms with van der Waals surface area (Å²) in [4.78, 5) is 5.90. The van der Waals surface area contributed by atoms with Crippen molar-refractivity contribution >= 4 is 14.1 Å². The summed E-state index contributed by atoms with van der Waals surface area (Å²) in [7, 11) is 3.30. The van der Waals surface area contributed by atoms with Crippen LogP contribution in [0.5, 0.6) is 0 Å². The van der Waals surface area contributed by atoms with E-state index in [1.807, 2.05) is 0 Å². The van der Waals surface area contributed by atoms with Crippen molar-refractivity contribution in [3.8, 4) is 0 Å². The normalized spacial score (nSPS) is 13.1. The Labute approximate surface area is 88.6 Å². The molecule has 1 rings (SSSR count). The predicted molar refractivity (Wildman–Crippen MR) is 65.5 cm³/mol. The Morgan fingerprint density at radius 3 is 2.36 bits per heavy atom. The second kappa shape index (κ2) is 5.96. The standard InChI is InChI=1S/C11H20N2Si/c1-4-12-14(10-13(2)3)11-8-6-5-7-9-11/h5-9,12,14H,4,10H2,1-3H3. The van der Waals surface area contributed by atoms with Gasteiger partial charge >= 0.3 is 0 Å². The molecule has 14 heavy (non-hydrogen) atoms. The van der Waals surface area contributed by atoms with E-state index in [0.717, 1.165) is 6.54 Å². The summed E-state index contributed by atoms with van der Waals surface area (Å²) in [5.74, 6) is 0. The molecule has 0 fully saturated rings. The molecule has 2 nitrogen and oxygen atoms in total. The van der Waals surface area contributed by atoms with Gasteiger partial charge in [-0.15, -0.1) is 0 Å². The van der Waals surface area contributed by atoms with E-state index in [9.17, 15) is 0 Å². The Kier molecular flexibility index (Phi) is 4.86. The molecule has 0 aliphatic heterocycles.